The summed E-state index contributed by atoms with van der Waals surface area (Å²) in [7, 11) is 0. The molecule has 1 aromatic rings. The molecule has 1 aliphatic carbocycles. The van der Waals surface area contributed by atoms with Gasteiger partial charge in [0.15, 0.2) is 0 Å². The Morgan fingerprint density at radius 1 is 1.04 bits per heavy atom. The minimum Gasteiger partial charge on any atom is -0.412 e. The third kappa shape index (κ3) is 4.12. The highest BCUT2D eigenvalue weighted by molar-refractivity contribution is 5.90. The van der Waals surface area contributed by atoms with Crippen LogP contribution in [-0.4, -0.2) is 23.9 Å². The second-order valence-electron chi connectivity index (χ2n) is 5.78. The van der Waals surface area contributed by atoms with E-state index in [1.807, 2.05) is 30.3 Å². The quantitative estimate of drug-likeness (QED) is 0.462. The second kappa shape index (κ2) is 7.30. The van der Waals surface area contributed by atoms with E-state index >= 15 is 0 Å². The third-order valence-corrected chi connectivity index (χ3v) is 3.51. The minimum atomic E-state index is -2.19. The molecule has 0 spiro atoms. The number of hydrogen-bond acceptors (Lipinski definition) is 4. The van der Waals surface area contributed by atoms with Crippen LogP contribution in [-0.2, 0) is 19.1 Å². The summed E-state index contributed by atoms with van der Waals surface area (Å²) in [4.78, 5) is 23.8. The molecular weight excluding hydrogens is 323 g/mol. The number of halogens is 1. The predicted octanol–water partition coefficient (Wildman–Crippen LogP) is 3.91. The molecule has 4 nitrogen and oxygen atoms in total. The summed E-state index contributed by atoms with van der Waals surface area (Å²) in [6.45, 7) is 9.75. The van der Waals surface area contributed by atoms with E-state index in [1.54, 1.807) is 6.08 Å². The molecule has 1 atom stereocenters. The summed E-state index contributed by atoms with van der Waals surface area (Å²) in [5.74, 6) is -3.92. The Hall–Kier alpha value is -2.95. The van der Waals surface area contributed by atoms with E-state index < -0.39 is 23.9 Å². The first-order valence-electron chi connectivity index (χ1n) is 7.63. The van der Waals surface area contributed by atoms with Crippen LogP contribution in [0.5, 0.6) is 0 Å². The van der Waals surface area contributed by atoms with Gasteiger partial charge in [0.25, 0.3) is 0 Å². The van der Waals surface area contributed by atoms with Crippen LogP contribution in [0.1, 0.15) is 19.4 Å². The maximum absolute atomic E-state index is 14.9. The van der Waals surface area contributed by atoms with Crippen LogP contribution in [0.3, 0.4) is 0 Å². The smallest absolute Gasteiger partial charge is 0.336 e. The molecule has 1 unspecified atom stereocenters. The Morgan fingerprint density at radius 3 is 2.00 bits per heavy atom. The van der Waals surface area contributed by atoms with Gasteiger partial charge >= 0.3 is 17.7 Å². The highest BCUT2D eigenvalue weighted by Crippen LogP contribution is 2.34. The summed E-state index contributed by atoms with van der Waals surface area (Å²) in [6.07, 6.45) is 2.12. The van der Waals surface area contributed by atoms with Crippen LogP contribution in [0.15, 0.2) is 72.9 Å². The Balaban J connectivity index is 2.37. The van der Waals surface area contributed by atoms with E-state index in [1.165, 1.54) is 26.0 Å². The van der Waals surface area contributed by atoms with Crippen molar-refractivity contribution in [2.24, 2.45) is 0 Å². The molecule has 0 aromatic heterocycles. The number of carbonyl (C=O) groups is 2. The highest BCUT2D eigenvalue weighted by Gasteiger charge is 2.46. The molecule has 130 valence electrons. The molecule has 0 aliphatic heterocycles. The fourth-order valence-electron chi connectivity index (χ4n) is 2.12. The van der Waals surface area contributed by atoms with Gasteiger partial charge in [-0.05, 0) is 31.1 Å². The summed E-state index contributed by atoms with van der Waals surface area (Å²) in [5.41, 5.74) is 1.49. The molecule has 0 N–H and O–H groups in total. The van der Waals surface area contributed by atoms with Crippen LogP contribution < -0.4 is 0 Å². The first kappa shape index (κ1) is 18.4. The van der Waals surface area contributed by atoms with Crippen molar-refractivity contribution >= 4 is 17.5 Å². The molecular formula is C20H19FO4. The van der Waals surface area contributed by atoms with Crippen molar-refractivity contribution in [3.05, 3.63) is 78.4 Å². The van der Waals surface area contributed by atoms with Gasteiger partial charge in [-0.2, -0.15) is 0 Å². The number of rotatable bonds is 5. The van der Waals surface area contributed by atoms with Crippen molar-refractivity contribution in [3.63, 3.8) is 0 Å². The molecule has 0 amide bonds. The molecule has 0 heterocycles. The maximum Gasteiger partial charge on any atom is 0.336 e. The van der Waals surface area contributed by atoms with Gasteiger partial charge in [0, 0.05) is 17.2 Å². The summed E-state index contributed by atoms with van der Waals surface area (Å²) < 4.78 is 25.2. The van der Waals surface area contributed by atoms with Gasteiger partial charge in [-0.25, -0.2) is 14.0 Å². The standard InChI is InChI=1S/C20H19FO4/c1-13(2)18(22)24-20(25-19(23)14(3)4)11-10-16(12-17(20)21)15-8-6-5-7-9-15/h5-12,17H,1,3H2,2,4H3. The van der Waals surface area contributed by atoms with Gasteiger partial charge < -0.3 is 9.47 Å². The van der Waals surface area contributed by atoms with Crippen LogP contribution in [0.2, 0.25) is 0 Å². The molecule has 0 saturated heterocycles. The molecule has 5 heteroatoms. The summed E-state index contributed by atoms with van der Waals surface area (Å²) in [5, 5.41) is 0. The van der Waals surface area contributed by atoms with Crippen molar-refractivity contribution in [3.8, 4) is 0 Å². The molecule has 1 aromatic carbocycles. The van der Waals surface area contributed by atoms with Gasteiger partial charge in [0.1, 0.15) is 0 Å². The Morgan fingerprint density at radius 2 is 1.56 bits per heavy atom. The molecule has 0 saturated carbocycles. The lowest BCUT2D eigenvalue weighted by Crippen LogP contribution is -2.47. The first-order chi connectivity index (χ1) is 11.7. The molecule has 2 rings (SSSR count). The molecule has 0 radical (unpaired) electrons. The van der Waals surface area contributed by atoms with Gasteiger partial charge in [-0.15, -0.1) is 0 Å². The average Bonchev–Trinajstić information content (AvgIpc) is 2.57. The van der Waals surface area contributed by atoms with Gasteiger partial charge in [0.2, 0.25) is 6.17 Å². The summed E-state index contributed by atoms with van der Waals surface area (Å²) in [6, 6.07) is 9.12. The monoisotopic (exact) mass is 342 g/mol. The van der Waals surface area contributed by atoms with E-state index in [-0.39, 0.29) is 11.1 Å². The SMILES string of the molecule is C=C(C)C(=O)OC1(OC(=O)C(=C)C)C=CC(c2ccccc2)=CC1F. The third-order valence-electron chi connectivity index (χ3n) is 3.51. The van der Waals surface area contributed by atoms with Crippen molar-refractivity contribution in [1.29, 1.82) is 0 Å². The van der Waals surface area contributed by atoms with E-state index in [0.29, 0.717) is 5.57 Å². The number of alkyl halides is 1. The van der Waals surface area contributed by atoms with Crippen molar-refractivity contribution < 1.29 is 23.5 Å². The largest absolute Gasteiger partial charge is 0.412 e. The molecule has 0 bridgehead atoms. The Kier molecular flexibility index (Phi) is 5.37. The van der Waals surface area contributed by atoms with Crippen molar-refractivity contribution in [2.45, 2.75) is 25.8 Å². The van der Waals surface area contributed by atoms with Crippen LogP contribution in [0, 0.1) is 0 Å². The van der Waals surface area contributed by atoms with Gasteiger partial charge in [-0.3, -0.25) is 0 Å². The lowest BCUT2D eigenvalue weighted by Gasteiger charge is -2.34. The Bertz CT molecular complexity index is 746. The van der Waals surface area contributed by atoms with E-state index in [0.717, 1.165) is 5.56 Å². The number of allylic oxidation sites excluding steroid dienone is 2. The van der Waals surface area contributed by atoms with E-state index in [9.17, 15) is 14.0 Å². The van der Waals surface area contributed by atoms with Crippen molar-refractivity contribution in [1.82, 2.24) is 0 Å². The normalized spacial score (nSPS) is 18.0. The van der Waals surface area contributed by atoms with Crippen LogP contribution in [0.25, 0.3) is 5.57 Å². The number of carbonyl (C=O) groups excluding carboxylic acids is 2. The van der Waals surface area contributed by atoms with Crippen molar-refractivity contribution in [2.75, 3.05) is 0 Å². The van der Waals surface area contributed by atoms with Crippen LogP contribution >= 0.6 is 0 Å². The maximum atomic E-state index is 14.9. The van der Waals surface area contributed by atoms with Gasteiger partial charge in [0.05, 0.1) is 0 Å². The molecule has 25 heavy (non-hydrogen) atoms. The highest BCUT2D eigenvalue weighted by atomic mass is 19.1. The van der Waals surface area contributed by atoms with Crippen LogP contribution in [0.4, 0.5) is 4.39 Å². The first-order valence-corrected chi connectivity index (χ1v) is 7.63. The lowest BCUT2D eigenvalue weighted by molar-refractivity contribution is -0.219. The topological polar surface area (TPSA) is 52.6 Å². The molecule has 0 fully saturated rings. The zero-order valence-electron chi connectivity index (χ0n) is 14.1. The number of benzene rings is 1. The number of esters is 2. The van der Waals surface area contributed by atoms with E-state index in [4.69, 9.17) is 9.47 Å². The predicted molar refractivity (Wildman–Crippen MR) is 93.0 cm³/mol. The van der Waals surface area contributed by atoms with E-state index in [2.05, 4.69) is 13.2 Å². The minimum absolute atomic E-state index is 0.0594. The zero-order valence-corrected chi connectivity index (χ0v) is 14.1. The second-order valence-corrected chi connectivity index (χ2v) is 5.78. The summed E-state index contributed by atoms with van der Waals surface area (Å²) >= 11 is 0. The zero-order chi connectivity index (χ0) is 18.6. The average molecular weight is 342 g/mol. The fraction of sp³-hybridized carbons (Fsp3) is 0.200. The number of ether oxygens (including phenoxy) is 2. The number of hydrogen-bond donors (Lipinski definition) is 0. The lowest BCUT2D eigenvalue weighted by atomic mass is 9.95. The molecule has 1 aliphatic rings. The fourth-order valence-corrected chi connectivity index (χ4v) is 2.12. The Labute approximate surface area is 145 Å². The van der Waals surface area contributed by atoms with Gasteiger partial charge in [-0.1, -0.05) is 49.6 Å².